The molecule has 3 aliphatic rings. The van der Waals surface area contributed by atoms with Crippen molar-refractivity contribution >= 4 is 10.4 Å². The van der Waals surface area contributed by atoms with Gasteiger partial charge in [0.05, 0.1) is 6.10 Å². The molecule has 5 atom stereocenters. The quantitative estimate of drug-likeness (QED) is 0.294. The maximum Gasteiger partial charge on any atom is 1.00 e. The SMILES string of the molecule is C=C1CCC(OS(=O)(=O)[O-])CC1=CC=C1CCCC2(C)C1CCC2C(C)CCCC(C)C.[Na+]. The molecular formula is C27H43NaO4S. The second-order valence-corrected chi connectivity index (χ2v) is 12.3. The Labute approximate surface area is 225 Å². The molecule has 3 aliphatic carbocycles. The molecule has 33 heavy (non-hydrogen) atoms. The first-order valence-corrected chi connectivity index (χ1v) is 14.0. The van der Waals surface area contributed by atoms with Gasteiger partial charge in [-0.1, -0.05) is 76.8 Å². The van der Waals surface area contributed by atoms with Crippen molar-refractivity contribution in [1.82, 2.24) is 0 Å². The van der Waals surface area contributed by atoms with Crippen LogP contribution in [0.3, 0.4) is 0 Å². The van der Waals surface area contributed by atoms with Crippen LogP contribution in [0.5, 0.6) is 0 Å². The van der Waals surface area contributed by atoms with Crippen LogP contribution in [0.25, 0.3) is 0 Å². The van der Waals surface area contributed by atoms with Gasteiger partial charge in [-0.05, 0) is 79.6 Å². The van der Waals surface area contributed by atoms with Gasteiger partial charge in [-0.25, -0.2) is 8.42 Å². The van der Waals surface area contributed by atoms with Crippen molar-refractivity contribution in [2.45, 2.75) is 104 Å². The van der Waals surface area contributed by atoms with Gasteiger partial charge in [0.15, 0.2) is 0 Å². The summed E-state index contributed by atoms with van der Waals surface area (Å²) in [5.74, 6) is 3.03. The van der Waals surface area contributed by atoms with E-state index in [0.29, 0.717) is 30.6 Å². The zero-order valence-electron chi connectivity index (χ0n) is 21.6. The molecule has 0 heterocycles. The van der Waals surface area contributed by atoms with Gasteiger partial charge in [-0.3, -0.25) is 4.18 Å². The summed E-state index contributed by atoms with van der Waals surface area (Å²) in [4.78, 5) is 0. The maximum atomic E-state index is 11.0. The van der Waals surface area contributed by atoms with Crippen molar-refractivity contribution in [3.05, 3.63) is 35.5 Å². The molecule has 3 fully saturated rings. The third kappa shape index (κ3) is 7.79. The molecule has 3 saturated carbocycles. The average molecular weight is 487 g/mol. The van der Waals surface area contributed by atoms with Gasteiger partial charge in [0.1, 0.15) is 0 Å². The monoisotopic (exact) mass is 486 g/mol. The third-order valence-corrected chi connectivity index (χ3v) is 9.10. The normalized spacial score (nSPS) is 33.9. The molecule has 0 bridgehead atoms. The van der Waals surface area contributed by atoms with Gasteiger partial charge in [0.25, 0.3) is 0 Å². The van der Waals surface area contributed by atoms with E-state index in [-0.39, 0.29) is 29.6 Å². The first-order valence-electron chi connectivity index (χ1n) is 12.7. The van der Waals surface area contributed by atoms with E-state index in [1.807, 2.05) is 0 Å². The molecule has 3 rings (SSSR count). The molecule has 182 valence electrons. The first kappa shape index (κ1) is 29.3. The first-order chi connectivity index (χ1) is 15.0. The number of rotatable bonds is 8. The van der Waals surface area contributed by atoms with Crippen LogP contribution in [-0.4, -0.2) is 19.1 Å². The van der Waals surface area contributed by atoms with Crippen LogP contribution in [0.2, 0.25) is 0 Å². The molecule has 6 heteroatoms. The van der Waals surface area contributed by atoms with Gasteiger partial charge in [-0.2, -0.15) is 0 Å². The minimum Gasteiger partial charge on any atom is -0.726 e. The fourth-order valence-electron chi connectivity index (χ4n) is 6.89. The van der Waals surface area contributed by atoms with Crippen LogP contribution in [0.4, 0.5) is 0 Å². The summed E-state index contributed by atoms with van der Waals surface area (Å²) in [6.07, 6.45) is 15.9. The van der Waals surface area contributed by atoms with Crippen molar-refractivity contribution in [2.75, 3.05) is 0 Å². The maximum absolute atomic E-state index is 11.0. The topological polar surface area (TPSA) is 66.4 Å². The van der Waals surface area contributed by atoms with Crippen molar-refractivity contribution in [3.63, 3.8) is 0 Å². The average Bonchev–Trinajstić information content (AvgIpc) is 3.04. The van der Waals surface area contributed by atoms with E-state index in [2.05, 4.69) is 46.4 Å². The molecule has 5 unspecified atom stereocenters. The Bertz CT molecular complexity index is 844. The predicted octanol–water partition coefficient (Wildman–Crippen LogP) is 4.11. The van der Waals surface area contributed by atoms with Crippen molar-refractivity contribution in [3.8, 4) is 0 Å². The van der Waals surface area contributed by atoms with E-state index in [1.54, 1.807) is 5.57 Å². The molecule has 0 aliphatic heterocycles. The van der Waals surface area contributed by atoms with Gasteiger partial charge in [0, 0.05) is 6.42 Å². The molecule has 0 radical (unpaired) electrons. The number of hydrogen-bond donors (Lipinski definition) is 0. The molecular weight excluding hydrogens is 443 g/mol. The Hall–Kier alpha value is 0.0900. The second-order valence-electron chi connectivity index (χ2n) is 11.3. The van der Waals surface area contributed by atoms with Crippen LogP contribution < -0.4 is 29.6 Å². The van der Waals surface area contributed by atoms with Crippen molar-refractivity contribution in [2.24, 2.45) is 29.1 Å². The summed E-state index contributed by atoms with van der Waals surface area (Å²) in [5.41, 5.74) is 4.01. The molecule has 0 amide bonds. The van der Waals surface area contributed by atoms with E-state index < -0.39 is 16.5 Å². The molecule has 0 spiro atoms. The van der Waals surface area contributed by atoms with Crippen LogP contribution in [0.1, 0.15) is 98.3 Å². The van der Waals surface area contributed by atoms with Gasteiger partial charge in [-0.15, -0.1) is 0 Å². The van der Waals surface area contributed by atoms with Gasteiger partial charge < -0.3 is 4.55 Å². The Balaban J connectivity index is 0.00000385. The molecule has 0 aromatic carbocycles. The molecule has 0 N–H and O–H groups in total. The minimum atomic E-state index is -4.67. The number of fused-ring (bicyclic) bond motifs is 1. The van der Waals surface area contributed by atoms with E-state index in [4.69, 9.17) is 4.18 Å². The smallest absolute Gasteiger partial charge is 0.726 e. The summed E-state index contributed by atoms with van der Waals surface area (Å²) < 4.78 is 37.8. The Morgan fingerprint density at radius 3 is 2.55 bits per heavy atom. The van der Waals surface area contributed by atoms with E-state index in [0.717, 1.165) is 35.3 Å². The van der Waals surface area contributed by atoms with Crippen LogP contribution in [0, 0.1) is 29.1 Å². The third-order valence-electron chi connectivity index (χ3n) is 8.59. The molecule has 4 nitrogen and oxygen atoms in total. The Kier molecular flexibility index (Phi) is 11.0. The summed E-state index contributed by atoms with van der Waals surface area (Å²) >= 11 is 0. The van der Waals surface area contributed by atoms with E-state index >= 15 is 0 Å². The standard InChI is InChI=1S/C27H44O4S.Na/c1-19(2)8-6-9-21(4)25-15-16-26-22(10-7-17-27(25,26)5)12-13-23-18-24(14-11-20(23)3)31-32(28,29)30;/h12-13,19,21,24-26H,3,6-11,14-18H2,1-2,4-5H3,(H,28,29,30);/q;+1/p-1. The van der Waals surface area contributed by atoms with E-state index in [1.165, 1.54) is 44.9 Å². The van der Waals surface area contributed by atoms with Crippen LogP contribution >= 0.6 is 0 Å². The Morgan fingerprint density at radius 1 is 1.15 bits per heavy atom. The molecule has 0 aromatic rings. The fourth-order valence-corrected chi connectivity index (χ4v) is 7.39. The van der Waals surface area contributed by atoms with Crippen molar-refractivity contribution in [1.29, 1.82) is 0 Å². The summed E-state index contributed by atoms with van der Waals surface area (Å²) in [7, 11) is -4.67. The van der Waals surface area contributed by atoms with Crippen LogP contribution in [0.15, 0.2) is 35.5 Å². The largest absolute Gasteiger partial charge is 1.00 e. The number of hydrogen-bond acceptors (Lipinski definition) is 4. The minimum absolute atomic E-state index is 0. The molecule has 0 aromatic heterocycles. The fraction of sp³-hybridized carbons (Fsp3) is 0.778. The molecule has 0 saturated heterocycles. The Morgan fingerprint density at radius 2 is 1.88 bits per heavy atom. The van der Waals surface area contributed by atoms with Gasteiger partial charge in [0.2, 0.25) is 10.4 Å². The second kappa shape index (κ2) is 12.4. The summed E-state index contributed by atoms with van der Waals surface area (Å²) in [5, 5.41) is 0. The number of allylic oxidation sites excluding steroid dienone is 4. The van der Waals surface area contributed by atoms with Crippen molar-refractivity contribution < 1.29 is 46.7 Å². The summed E-state index contributed by atoms with van der Waals surface area (Å²) in [6, 6.07) is 0. The van der Waals surface area contributed by atoms with Crippen LogP contribution in [-0.2, 0) is 14.6 Å². The van der Waals surface area contributed by atoms with E-state index in [9.17, 15) is 13.0 Å². The summed E-state index contributed by atoms with van der Waals surface area (Å²) in [6.45, 7) is 13.8. The predicted molar refractivity (Wildman–Crippen MR) is 130 cm³/mol. The van der Waals surface area contributed by atoms with Gasteiger partial charge >= 0.3 is 29.6 Å². The zero-order chi connectivity index (χ0) is 23.5. The zero-order valence-corrected chi connectivity index (χ0v) is 24.4.